The number of nitrogens with zero attached hydrogens (tertiary/aromatic N) is 4. The van der Waals surface area contributed by atoms with E-state index in [1.165, 1.54) is 18.3 Å². The van der Waals surface area contributed by atoms with Gasteiger partial charge in [0.2, 0.25) is 5.89 Å². The first-order chi connectivity index (χ1) is 14.8. The number of nitrogens with one attached hydrogen (secondary N) is 1. The van der Waals surface area contributed by atoms with Gasteiger partial charge in [0.05, 0.1) is 16.8 Å². The molecule has 0 radical (unpaired) electrons. The molecule has 0 saturated carbocycles. The smallest absolute Gasteiger partial charge is 0.270 e. The fourth-order valence-electron chi connectivity index (χ4n) is 2.97. The number of sulfone groups is 1. The Morgan fingerprint density at radius 3 is 2.26 bits per heavy atom. The highest BCUT2D eigenvalue weighted by molar-refractivity contribution is 7.90. The predicted octanol–water partition coefficient (Wildman–Crippen LogP) is 2.57. The van der Waals surface area contributed by atoms with Crippen molar-refractivity contribution in [2.24, 2.45) is 0 Å². The molecule has 0 unspecified atom stereocenters. The van der Waals surface area contributed by atoms with Crippen molar-refractivity contribution in [2.75, 3.05) is 19.0 Å². The summed E-state index contributed by atoms with van der Waals surface area (Å²) in [6.07, 6.45) is 2.66. The van der Waals surface area contributed by atoms with Crippen molar-refractivity contribution in [3.63, 3.8) is 0 Å². The topological polar surface area (TPSA) is 137 Å². The van der Waals surface area contributed by atoms with E-state index in [9.17, 15) is 8.42 Å². The number of hydrogen-bond donors (Lipinski definition) is 2. The number of anilines is 1. The van der Waals surface area contributed by atoms with Gasteiger partial charge in [-0.15, -0.1) is 10.2 Å². The number of nitrogens with two attached hydrogens (primary N) is 1. The molecule has 2 aromatic heterocycles. The third kappa shape index (κ3) is 4.44. The van der Waals surface area contributed by atoms with Crippen LogP contribution in [0.25, 0.3) is 34.3 Å². The number of hydrogen-bond acceptors (Lipinski definition) is 9. The molecule has 0 aliphatic rings. The molecule has 9 nitrogen and oxygen atoms in total. The Labute approximate surface area is 179 Å². The first-order valence-corrected chi connectivity index (χ1v) is 11.2. The van der Waals surface area contributed by atoms with Crippen molar-refractivity contribution in [2.45, 2.75) is 11.4 Å². The van der Waals surface area contributed by atoms with Gasteiger partial charge in [0.25, 0.3) is 5.89 Å². The molecule has 3 N–H and O–H groups in total. The van der Waals surface area contributed by atoms with Gasteiger partial charge in [-0.05, 0) is 36.9 Å². The van der Waals surface area contributed by atoms with Crippen LogP contribution in [0.3, 0.4) is 0 Å². The monoisotopic (exact) mass is 436 g/mol. The summed E-state index contributed by atoms with van der Waals surface area (Å²) in [7, 11) is -1.40. The highest BCUT2D eigenvalue weighted by Crippen LogP contribution is 2.28. The van der Waals surface area contributed by atoms with Crippen LogP contribution < -0.4 is 11.1 Å². The molecule has 0 aliphatic heterocycles. The first kappa shape index (κ1) is 20.6. The normalized spacial score (nSPS) is 11.5. The second-order valence-electron chi connectivity index (χ2n) is 6.93. The summed E-state index contributed by atoms with van der Waals surface area (Å²) in [4.78, 5) is 8.91. The molecule has 4 aromatic rings. The minimum Gasteiger partial charge on any atom is -0.414 e. The van der Waals surface area contributed by atoms with Gasteiger partial charge in [0.15, 0.2) is 21.3 Å². The maximum Gasteiger partial charge on any atom is 0.270 e. The number of rotatable bonds is 6. The molecule has 31 heavy (non-hydrogen) atoms. The van der Waals surface area contributed by atoms with Crippen molar-refractivity contribution < 1.29 is 12.8 Å². The Morgan fingerprint density at radius 2 is 1.61 bits per heavy atom. The molecule has 10 heteroatoms. The van der Waals surface area contributed by atoms with E-state index in [-0.39, 0.29) is 22.3 Å². The van der Waals surface area contributed by atoms with Gasteiger partial charge < -0.3 is 15.5 Å². The summed E-state index contributed by atoms with van der Waals surface area (Å²) >= 11 is 0. The van der Waals surface area contributed by atoms with Gasteiger partial charge in [-0.1, -0.05) is 24.3 Å². The van der Waals surface area contributed by atoms with Crippen LogP contribution in [0, 0.1) is 0 Å². The zero-order chi connectivity index (χ0) is 22.0. The summed E-state index contributed by atoms with van der Waals surface area (Å²) < 4.78 is 29.1. The molecule has 158 valence electrons. The molecule has 2 aromatic carbocycles. The molecule has 0 fully saturated rings. The lowest BCUT2D eigenvalue weighted by molar-refractivity contribution is 0.582. The third-order valence-electron chi connectivity index (χ3n) is 4.59. The zero-order valence-electron chi connectivity index (χ0n) is 16.9. The van der Waals surface area contributed by atoms with Gasteiger partial charge >= 0.3 is 0 Å². The van der Waals surface area contributed by atoms with Gasteiger partial charge in [0, 0.05) is 23.9 Å². The van der Waals surface area contributed by atoms with Crippen LogP contribution in [0.15, 0.2) is 64.0 Å². The highest BCUT2D eigenvalue weighted by atomic mass is 32.2. The van der Waals surface area contributed by atoms with E-state index >= 15 is 0 Å². The molecule has 0 saturated heterocycles. The minimum absolute atomic E-state index is 0.147. The van der Waals surface area contributed by atoms with E-state index in [0.717, 1.165) is 23.9 Å². The van der Waals surface area contributed by atoms with E-state index in [4.69, 9.17) is 10.2 Å². The van der Waals surface area contributed by atoms with Crippen molar-refractivity contribution in [3.8, 4) is 34.3 Å². The second-order valence-corrected chi connectivity index (χ2v) is 8.94. The van der Waals surface area contributed by atoms with Crippen LogP contribution in [-0.2, 0) is 16.4 Å². The molecule has 2 heterocycles. The molecular weight excluding hydrogens is 416 g/mol. The lowest BCUT2D eigenvalue weighted by atomic mass is 10.1. The average molecular weight is 436 g/mol. The Balaban J connectivity index is 1.65. The molecule has 0 bridgehead atoms. The van der Waals surface area contributed by atoms with Gasteiger partial charge in [0.1, 0.15) is 0 Å². The number of aromatic nitrogens is 4. The van der Waals surface area contributed by atoms with Crippen molar-refractivity contribution in [1.29, 1.82) is 0 Å². The Bertz CT molecular complexity index is 1320. The fraction of sp³-hybridized carbons (Fsp3) is 0.143. The first-order valence-electron chi connectivity index (χ1n) is 9.36. The number of nitrogen functional groups attached to an aromatic ring is 1. The van der Waals surface area contributed by atoms with E-state index in [2.05, 4.69) is 25.5 Å². The van der Waals surface area contributed by atoms with Gasteiger partial charge in [-0.2, -0.15) is 0 Å². The molecule has 0 atom stereocenters. The molecule has 0 spiro atoms. The largest absolute Gasteiger partial charge is 0.414 e. The average Bonchev–Trinajstić information content (AvgIpc) is 3.24. The van der Waals surface area contributed by atoms with Crippen molar-refractivity contribution in [1.82, 2.24) is 25.5 Å². The molecular formula is C21H20N6O3S. The molecule has 0 aliphatic carbocycles. The maximum absolute atomic E-state index is 11.7. The Kier molecular flexibility index (Phi) is 5.49. The van der Waals surface area contributed by atoms with Crippen LogP contribution in [-0.4, -0.2) is 41.9 Å². The molecule has 4 rings (SSSR count). The summed E-state index contributed by atoms with van der Waals surface area (Å²) in [5, 5.41) is 11.3. The fourth-order valence-corrected chi connectivity index (χ4v) is 3.60. The van der Waals surface area contributed by atoms with Gasteiger partial charge in [-0.3, -0.25) is 0 Å². The molecule has 0 amide bonds. The summed E-state index contributed by atoms with van der Waals surface area (Å²) in [5.74, 6) is 0.639. The van der Waals surface area contributed by atoms with Crippen LogP contribution in [0.5, 0.6) is 0 Å². The SMILES string of the molecule is CNCc1ccc(-c2nnc(-c3nc(-c4ccc(S(C)(=O)=O)cc4)cnc3N)o2)cc1. The highest BCUT2D eigenvalue weighted by Gasteiger charge is 2.17. The minimum atomic E-state index is -3.28. The Morgan fingerprint density at radius 1 is 0.968 bits per heavy atom. The van der Waals surface area contributed by atoms with Crippen molar-refractivity contribution >= 4 is 15.7 Å². The van der Waals surface area contributed by atoms with E-state index < -0.39 is 9.84 Å². The zero-order valence-corrected chi connectivity index (χ0v) is 17.7. The summed E-state index contributed by atoms with van der Waals surface area (Å²) in [6, 6.07) is 14.1. The third-order valence-corrected chi connectivity index (χ3v) is 5.72. The van der Waals surface area contributed by atoms with Crippen LogP contribution in [0.1, 0.15) is 5.56 Å². The number of benzene rings is 2. The maximum atomic E-state index is 11.7. The Hall–Kier alpha value is -3.63. The lowest BCUT2D eigenvalue weighted by Crippen LogP contribution is -2.04. The van der Waals surface area contributed by atoms with Crippen LogP contribution in [0.2, 0.25) is 0 Å². The van der Waals surface area contributed by atoms with Gasteiger partial charge in [-0.25, -0.2) is 18.4 Å². The standard InChI is InChI=1S/C21H20N6O3S/c1-23-11-13-3-5-15(6-4-13)20-26-27-21(30-20)18-19(22)24-12-17(25-18)14-7-9-16(10-8-14)31(2,28)29/h3-10,12,23H,11H2,1-2H3,(H2,22,24). The predicted molar refractivity (Wildman–Crippen MR) is 116 cm³/mol. The quantitative estimate of drug-likeness (QED) is 0.467. The van der Waals surface area contributed by atoms with E-state index in [1.54, 1.807) is 12.1 Å². The summed E-state index contributed by atoms with van der Waals surface area (Å²) in [5.41, 5.74) is 9.35. The van der Waals surface area contributed by atoms with Crippen molar-refractivity contribution in [3.05, 3.63) is 60.3 Å². The van der Waals surface area contributed by atoms with E-state index in [0.29, 0.717) is 17.1 Å². The van der Waals surface area contributed by atoms with E-state index in [1.807, 2.05) is 31.3 Å². The lowest BCUT2D eigenvalue weighted by Gasteiger charge is -2.05. The summed E-state index contributed by atoms with van der Waals surface area (Å²) in [6.45, 7) is 0.763. The van der Waals surface area contributed by atoms with Crippen LogP contribution in [0.4, 0.5) is 5.82 Å². The van der Waals surface area contributed by atoms with Crippen LogP contribution >= 0.6 is 0 Å². The second kappa shape index (κ2) is 8.25.